The first-order chi connectivity index (χ1) is 8.86. The van der Waals surface area contributed by atoms with Crippen molar-refractivity contribution in [2.24, 2.45) is 5.73 Å². The lowest BCUT2D eigenvalue weighted by Gasteiger charge is -2.08. The molecule has 1 aliphatic rings. The Labute approximate surface area is 115 Å². The molecule has 2 aromatic rings. The molecule has 96 valence electrons. The van der Waals surface area contributed by atoms with Crippen LogP contribution in [-0.2, 0) is 18.6 Å². The van der Waals surface area contributed by atoms with Crippen LogP contribution in [0.25, 0.3) is 10.6 Å². The van der Waals surface area contributed by atoms with Gasteiger partial charge in [-0.15, -0.1) is 11.3 Å². The number of rotatable bonds is 4. The van der Waals surface area contributed by atoms with Crippen LogP contribution < -0.4 is 5.73 Å². The van der Waals surface area contributed by atoms with E-state index in [2.05, 4.69) is 11.1 Å². The molecular formula is C13H16N2OS2. The first kappa shape index (κ1) is 12.3. The highest BCUT2D eigenvalue weighted by Gasteiger charge is 2.16. The molecule has 0 atom stereocenters. The molecule has 0 saturated carbocycles. The van der Waals surface area contributed by atoms with E-state index in [1.165, 1.54) is 27.5 Å². The Balaban J connectivity index is 1.81. The van der Waals surface area contributed by atoms with E-state index in [1.807, 2.05) is 29.3 Å². The van der Waals surface area contributed by atoms with E-state index in [1.54, 1.807) is 0 Å². The van der Waals surface area contributed by atoms with E-state index in [4.69, 9.17) is 10.2 Å². The van der Waals surface area contributed by atoms with Gasteiger partial charge in [-0.05, 0) is 36.8 Å². The maximum absolute atomic E-state index is 5.79. The number of nitrogens with zero attached hydrogens (tertiary/aromatic N) is 1. The third kappa shape index (κ3) is 2.48. The lowest BCUT2D eigenvalue weighted by molar-refractivity contribution is 0.500. The number of nitrogens with two attached hydrogens (primary N) is 1. The topological polar surface area (TPSA) is 52.0 Å². The number of aryl methyl sites for hydroxylation is 2. The van der Waals surface area contributed by atoms with Gasteiger partial charge in [-0.2, -0.15) is 11.8 Å². The molecule has 0 aliphatic carbocycles. The highest BCUT2D eigenvalue weighted by molar-refractivity contribution is 7.98. The minimum atomic E-state index is 0.683. The summed E-state index contributed by atoms with van der Waals surface area (Å²) in [6, 6.07) is 2.26. The van der Waals surface area contributed by atoms with Crippen molar-refractivity contribution in [3.05, 3.63) is 28.6 Å². The highest BCUT2D eigenvalue weighted by Crippen LogP contribution is 2.37. The van der Waals surface area contributed by atoms with Crippen LogP contribution in [0.3, 0.4) is 0 Å². The smallest absolute Gasteiger partial charge is 0.194 e. The number of fused-ring (bicyclic) bond motifs is 1. The molecule has 3 nitrogen and oxygen atoms in total. The van der Waals surface area contributed by atoms with E-state index in [0.29, 0.717) is 6.54 Å². The molecule has 0 saturated heterocycles. The fraction of sp³-hybridized carbons (Fsp3) is 0.462. The number of aromatic nitrogens is 1. The Morgan fingerprint density at radius 3 is 3.22 bits per heavy atom. The van der Waals surface area contributed by atoms with Crippen LogP contribution in [0.1, 0.15) is 22.8 Å². The van der Waals surface area contributed by atoms with Crippen LogP contribution in [0, 0.1) is 0 Å². The number of thiophene rings is 1. The van der Waals surface area contributed by atoms with Crippen molar-refractivity contribution in [2.75, 3.05) is 12.3 Å². The quantitative estimate of drug-likeness (QED) is 0.935. The van der Waals surface area contributed by atoms with Crippen LogP contribution >= 0.6 is 23.1 Å². The van der Waals surface area contributed by atoms with E-state index < -0.39 is 0 Å². The Bertz CT molecular complexity index is 509. The molecular weight excluding hydrogens is 264 g/mol. The van der Waals surface area contributed by atoms with E-state index >= 15 is 0 Å². The second-order valence-electron chi connectivity index (χ2n) is 4.37. The first-order valence-corrected chi connectivity index (χ1v) is 8.18. The molecule has 3 heterocycles. The summed E-state index contributed by atoms with van der Waals surface area (Å²) in [5, 5.41) is 0. The zero-order chi connectivity index (χ0) is 12.4. The predicted octanol–water partition coefficient (Wildman–Crippen LogP) is 3.08. The molecule has 3 rings (SSSR count). The molecule has 5 heteroatoms. The fourth-order valence-electron chi connectivity index (χ4n) is 2.06. The fourth-order valence-corrected chi connectivity index (χ4v) is 4.38. The number of hydrogen-bond donors (Lipinski definition) is 1. The van der Waals surface area contributed by atoms with E-state index in [-0.39, 0.29) is 0 Å². The third-order valence-corrected chi connectivity index (χ3v) is 5.28. The molecule has 0 spiro atoms. The van der Waals surface area contributed by atoms with Crippen molar-refractivity contribution >= 4 is 23.1 Å². The van der Waals surface area contributed by atoms with Gasteiger partial charge in [0.25, 0.3) is 0 Å². The first-order valence-electron chi connectivity index (χ1n) is 6.21. The van der Waals surface area contributed by atoms with Gasteiger partial charge in [-0.3, -0.25) is 0 Å². The van der Waals surface area contributed by atoms with Crippen LogP contribution in [0.5, 0.6) is 0 Å². The number of oxazole rings is 1. The molecule has 18 heavy (non-hydrogen) atoms. The maximum Gasteiger partial charge on any atom is 0.194 e. The zero-order valence-corrected chi connectivity index (χ0v) is 11.8. The van der Waals surface area contributed by atoms with Gasteiger partial charge in [0.1, 0.15) is 0 Å². The second-order valence-corrected chi connectivity index (χ2v) is 6.61. The summed E-state index contributed by atoms with van der Waals surface area (Å²) in [6.45, 7) is 0.683. The zero-order valence-electron chi connectivity index (χ0n) is 10.1. The summed E-state index contributed by atoms with van der Waals surface area (Å²) in [5.74, 6) is 4.09. The van der Waals surface area contributed by atoms with Gasteiger partial charge < -0.3 is 10.2 Å². The summed E-state index contributed by atoms with van der Waals surface area (Å²) in [4.78, 5) is 7.05. The Morgan fingerprint density at radius 1 is 1.44 bits per heavy atom. The van der Waals surface area contributed by atoms with Crippen molar-refractivity contribution in [2.45, 2.75) is 25.0 Å². The summed E-state index contributed by atoms with van der Waals surface area (Å²) in [6.07, 6.45) is 4.80. The van der Waals surface area contributed by atoms with Crippen LogP contribution in [0.15, 0.2) is 16.7 Å². The second kappa shape index (κ2) is 5.47. The highest BCUT2D eigenvalue weighted by atomic mass is 32.2. The average molecular weight is 280 g/mol. The van der Waals surface area contributed by atoms with Gasteiger partial charge in [0.2, 0.25) is 0 Å². The Hall–Kier alpha value is -0.780. The molecule has 0 radical (unpaired) electrons. The van der Waals surface area contributed by atoms with E-state index in [0.717, 1.165) is 30.2 Å². The van der Waals surface area contributed by atoms with Crippen molar-refractivity contribution in [3.63, 3.8) is 0 Å². The van der Waals surface area contributed by atoms with Crippen molar-refractivity contribution < 1.29 is 4.42 Å². The lowest BCUT2D eigenvalue weighted by Crippen LogP contribution is -2.00. The van der Waals surface area contributed by atoms with Crippen molar-refractivity contribution in [1.29, 1.82) is 0 Å². The summed E-state index contributed by atoms with van der Waals surface area (Å²) in [5.41, 5.74) is 6.97. The largest absolute Gasteiger partial charge is 0.440 e. The minimum Gasteiger partial charge on any atom is -0.440 e. The van der Waals surface area contributed by atoms with Crippen LogP contribution in [0.4, 0.5) is 0 Å². The van der Waals surface area contributed by atoms with Crippen molar-refractivity contribution in [1.82, 2.24) is 4.98 Å². The van der Waals surface area contributed by atoms with Gasteiger partial charge in [-0.1, -0.05) is 0 Å². The van der Waals surface area contributed by atoms with Gasteiger partial charge >= 0.3 is 0 Å². The number of hydrogen-bond acceptors (Lipinski definition) is 5. The SMILES string of the molecule is NCCCc1ncc(-c2cc3c(s2)CCSC3)o1. The van der Waals surface area contributed by atoms with Gasteiger partial charge in [0, 0.05) is 17.1 Å². The Kier molecular flexibility index (Phi) is 3.72. The van der Waals surface area contributed by atoms with Crippen LogP contribution in [0.2, 0.25) is 0 Å². The Morgan fingerprint density at radius 2 is 2.39 bits per heavy atom. The minimum absolute atomic E-state index is 0.683. The maximum atomic E-state index is 5.79. The van der Waals surface area contributed by atoms with Gasteiger partial charge in [-0.25, -0.2) is 4.98 Å². The summed E-state index contributed by atoms with van der Waals surface area (Å²) >= 11 is 3.86. The summed E-state index contributed by atoms with van der Waals surface area (Å²) in [7, 11) is 0. The molecule has 0 bridgehead atoms. The molecule has 1 aliphatic heterocycles. The normalized spacial score (nSPS) is 14.7. The molecule has 0 fully saturated rings. The third-order valence-electron chi connectivity index (χ3n) is 3.02. The molecule has 0 amide bonds. The predicted molar refractivity (Wildman–Crippen MR) is 77.1 cm³/mol. The average Bonchev–Trinajstić information content (AvgIpc) is 3.02. The molecule has 0 unspecified atom stereocenters. The lowest BCUT2D eigenvalue weighted by atomic mass is 10.2. The van der Waals surface area contributed by atoms with E-state index in [9.17, 15) is 0 Å². The number of thioether (sulfide) groups is 1. The molecule has 2 N–H and O–H groups in total. The van der Waals surface area contributed by atoms with Crippen molar-refractivity contribution in [3.8, 4) is 10.6 Å². The van der Waals surface area contributed by atoms with Gasteiger partial charge in [0.05, 0.1) is 11.1 Å². The molecule has 0 aromatic carbocycles. The molecule has 2 aromatic heterocycles. The monoisotopic (exact) mass is 280 g/mol. The summed E-state index contributed by atoms with van der Waals surface area (Å²) < 4.78 is 5.79. The van der Waals surface area contributed by atoms with Gasteiger partial charge in [0.15, 0.2) is 11.7 Å². The standard InChI is InChI=1S/C13H16N2OS2/c14-4-1-2-13-15-7-10(16-13)12-6-9-8-17-5-3-11(9)18-12/h6-7H,1-5,8,14H2. The van der Waals surface area contributed by atoms with Crippen LogP contribution in [-0.4, -0.2) is 17.3 Å².